The van der Waals surface area contributed by atoms with Gasteiger partial charge in [-0.2, -0.15) is 0 Å². The number of carbonyl (C=O) groups excluding carboxylic acids is 2. The van der Waals surface area contributed by atoms with Crippen molar-refractivity contribution in [2.45, 2.75) is 13.3 Å². The molecule has 1 aromatic heterocycles. The van der Waals surface area contributed by atoms with Gasteiger partial charge in [0.15, 0.2) is 6.29 Å². The molecule has 2 aromatic carbocycles. The average molecular weight is 398 g/mol. The smallest absolute Gasteiger partial charge is 0.253 e. The van der Waals surface area contributed by atoms with Crippen LogP contribution in [0.15, 0.2) is 12.1 Å². The Balaban J connectivity index is 2.15. The maximum absolute atomic E-state index is 12.6. The Morgan fingerprint density at radius 1 is 1.07 bits per heavy atom. The van der Waals surface area contributed by atoms with Crippen LogP contribution in [0.1, 0.15) is 32.7 Å². The summed E-state index contributed by atoms with van der Waals surface area (Å²) < 4.78 is 0. The number of amides is 1. The van der Waals surface area contributed by atoms with Crippen molar-refractivity contribution in [1.82, 2.24) is 20.2 Å². The fraction of sp³-hybridized carbons (Fsp3) is 0.300. The van der Waals surface area contributed by atoms with Gasteiger partial charge in [0, 0.05) is 12.1 Å². The number of aromatic nitrogens is 2. The molecule has 0 aliphatic carbocycles. The standard InChI is InChI=1S/C20H22N4O5/c1-10-18(27)12(9-25)15-17(19(10)28)23-14-11(5-6-13(26)16(14)22-15)20(29)21-7-4-8-24(2)3/h5-6,9,26-28H,4,7-8H2,1-3H3,(H,21,29). The number of rotatable bonds is 6. The van der Waals surface area contributed by atoms with Crippen LogP contribution in [-0.2, 0) is 0 Å². The molecule has 0 aliphatic heterocycles. The second kappa shape index (κ2) is 7.88. The number of aldehydes is 1. The predicted molar refractivity (Wildman–Crippen MR) is 108 cm³/mol. The van der Waals surface area contributed by atoms with E-state index >= 15 is 0 Å². The molecule has 0 aliphatic rings. The van der Waals surface area contributed by atoms with Crippen molar-refractivity contribution in [3.63, 3.8) is 0 Å². The Labute approximate surface area is 166 Å². The maximum atomic E-state index is 12.6. The van der Waals surface area contributed by atoms with Crippen molar-refractivity contribution in [3.8, 4) is 17.2 Å². The van der Waals surface area contributed by atoms with Gasteiger partial charge in [-0.15, -0.1) is 0 Å². The molecule has 0 unspecified atom stereocenters. The highest BCUT2D eigenvalue weighted by Crippen LogP contribution is 2.38. The number of nitrogens with one attached hydrogen (secondary N) is 1. The van der Waals surface area contributed by atoms with E-state index in [0.29, 0.717) is 12.8 Å². The van der Waals surface area contributed by atoms with E-state index in [9.17, 15) is 24.9 Å². The summed E-state index contributed by atoms with van der Waals surface area (Å²) in [6, 6.07) is 2.73. The van der Waals surface area contributed by atoms with Gasteiger partial charge >= 0.3 is 0 Å². The molecule has 0 saturated heterocycles. The van der Waals surface area contributed by atoms with Crippen molar-refractivity contribution in [2.75, 3.05) is 27.2 Å². The van der Waals surface area contributed by atoms with Crippen LogP contribution in [0.4, 0.5) is 0 Å². The normalized spacial score (nSPS) is 11.3. The quantitative estimate of drug-likeness (QED) is 0.280. The molecule has 4 N–H and O–H groups in total. The minimum absolute atomic E-state index is 0.0100. The molecule has 3 aromatic rings. The lowest BCUT2D eigenvalue weighted by Crippen LogP contribution is -2.27. The van der Waals surface area contributed by atoms with Crippen LogP contribution in [0.3, 0.4) is 0 Å². The molecule has 3 rings (SSSR count). The van der Waals surface area contributed by atoms with Gasteiger partial charge in [0.1, 0.15) is 39.3 Å². The van der Waals surface area contributed by atoms with Crippen LogP contribution in [-0.4, -0.2) is 69.6 Å². The number of nitrogens with zero attached hydrogens (tertiary/aromatic N) is 3. The Morgan fingerprint density at radius 2 is 1.76 bits per heavy atom. The molecule has 152 valence electrons. The van der Waals surface area contributed by atoms with E-state index in [2.05, 4.69) is 15.3 Å². The van der Waals surface area contributed by atoms with Crippen LogP contribution >= 0.6 is 0 Å². The number of hydrogen-bond acceptors (Lipinski definition) is 8. The van der Waals surface area contributed by atoms with E-state index in [0.717, 1.165) is 13.0 Å². The van der Waals surface area contributed by atoms with Gasteiger partial charge in [-0.25, -0.2) is 9.97 Å². The Hall–Kier alpha value is -3.46. The van der Waals surface area contributed by atoms with Gasteiger partial charge in [-0.1, -0.05) is 0 Å². The lowest BCUT2D eigenvalue weighted by Gasteiger charge is -2.13. The number of carbonyl (C=O) groups is 2. The fourth-order valence-electron chi connectivity index (χ4n) is 3.07. The Kier molecular flexibility index (Phi) is 5.51. The summed E-state index contributed by atoms with van der Waals surface area (Å²) in [6.07, 6.45) is 1.16. The van der Waals surface area contributed by atoms with Gasteiger partial charge < -0.3 is 25.5 Å². The molecule has 0 spiro atoms. The molecule has 1 heterocycles. The van der Waals surface area contributed by atoms with Gasteiger partial charge in [0.25, 0.3) is 5.91 Å². The predicted octanol–water partition coefficient (Wildman–Crippen LogP) is 1.70. The van der Waals surface area contributed by atoms with Crippen molar-refractivity contribution >= 4 is 34.3 Å². The largest absolute Gasteiger partial charge is 0.507 e. The average Bonchev–Trinajstić information content (AvgIpc) is 2.69. The van der Waals surface area contributed by atoms with E-state index in [1.165, 1.54) is 19.1 Å². The SMILES string of the molecule is Cc1c(O)c(C=O)c2nc3c(O)ccc(C(=O)NCCCN(C)C)c3nc2c1O. The van der Waals surface area contributed by atoms with E-state index in [-0.39, 0.29) is 50.3 Å². The minimum atomic E-state index is -0.409. The van der Waals surface area contributed by atoms with E-state index in [1.807, 2.05) is 19.0 Å². The highest BCUT2D eigenvalue weighted by Gasteiger charge is 2.22. The number of phenolic OH excluding ortho intramolecular Hbond substituents is 3. The van der Waals surface area contributed by atoms with Crippen molar-refractivity contribution in [3.05, 3.63) is 28.8 Å². The van der Waals surface area contributed by atoms with Crippen LogP contribution in [0.5, 0.6) is 17.2 Å². The highest BCUT2D eigenvalue weighted by atomic mass is 16.3. The lowest BCUT2D eigenvalue weighted by molar-refractivity contribution is 0.0953. The third-order valence-electron chi connectivity index (χ3n) is 4.68. The Bertz CT molecular complexity index is 1130. The van der Waals surface area contributed by atoms with E-state index in [4.69, 9.17) is 0 Å². The summed E-state index contributed by atoms with van der Waals surface area (Å²) in [7, 11) is 3.88. The Morgan fingerprint density at radius 3 is 2.41 bits per heavy atom. The fourth-order valence-corrected chi connectivity index (χ4v) is 3.07. The topological polar surface area (TPSA) is 136 Å². The summed E-state index contributed by atoms with van der Waals surface area (Å²) in [6.45, 7) is 2.70. The second-order valence-electron chi connectivity index (χ2n) is 7.02. The summed E-state index contributed by atoms with van der Waals surface area (Å²) in [4.78, 5) is 34.6. The van der Waals surface area contributed by atoms with Crippen molar-refractivity contribution in [2.24, 2.45) is 0 Å². The summed E-state index contributed by atoms with van der Waals surface area (Å²) in [5.74, 6) is -1.39. The maximum Gasteiger partial charge on any atom is 0.253 e. The highest BCUT2D eigenvalue weighted by molar-refractivity contribution is 6.09. The molecule has 0 saturated carbocycles. The first-order valence-electron chi connectivity index (χ1n) is 9.02. The molecule has 29 heavy (non-hydrogen) atoms. The van der Waals surface area contributed by atoms with E-state index in [1.54, 1.807) is 0 Å². The zero-order chi connectivity index (χ0) is 21.3. The second-order valence-corrected chi connectivity index (χ2v) is 7.02. The summed E-state index contributed by atoms with van der Waals surface area (Å²) in [5.41, 5.74) is 0.0682. The van der Waals surface area contributed by atoms with Crippen LogP contribution in [0.25, 0.3) is 22.1 Å². The van der Waals surface area contributed by atoms with Gasteiger partial charge in [0.05, 0.1) is 11.1 Å². The minimum Gasteiger partial charge on any atom is -0.507 e. The summed E-state index contributed by atoms with van der Waals surface area (Å²) in [5, 5.41) is 33.5. The molecule has 0 bridgehead atoms. The van der Waals surface area contributed by atoms with Crippen LogP contribution < -0.4 is 5.32 Å². The number of hydrogen-bond donors (Lipinski definition) is 4. The lowest BCUT2D eigenvalue weighted by atomic mass is 10.0. The molecule has 0 radical (unpaired) electrons. The zero-order valence-electron chi connectivity index (χ0n) is 16.4. The first-order chi connectivity index (χ1) is 13.8. The molecule has 0 atom stereocenters. The van der Waals surface area contributed by atoms with Gasteiger partial charge in [0.2, 0.25) is 0 Å². The van der Waals surface area contributed by atoms with Crippen molar-refractivity contribution < 1.29 is 24.9 Å². The van der Waals surface area contributed by atoms with Crippen LogP contribution in [0.2, 0.25) is 0 Å². The number of phenols is 3. The number of fused-ring (bicyclic) bond motifs is 2. The molecular weight excluding hydrogens is 376 g/mol. The number of aromatic hydroxyl groups is 3. The third-order valence-corrected chi connectivity index (χ3v) is 4.68. The molecular formula is C20H22N4O5. The number of benzene rings is 2. The monoisotopic (exact) mass is 398 g/mol. The van der Waals surface area contributed by atoms with Gasteiger partial charge in [-0.05, 0) is 46.1 Å². The van der Waals surface area contributed by atoms with Gasteiger partial charge in [-0.3, -0.25) is 9.59 Å². The molecule has 0 fully saturated rings. The molecule has 9 heteroatoms. The first-order valence-corrected chi connectivity index (χ1v) is 9.02. The van der Waals surface area contributed by atoms with Crippen LogP contribution in [0, 0.1) is 6.92 Å². The zero-order valence-corrected chi connectivity index (χ0v) is 16.4. The van der Waals surface area contributed by atoms with E-state index < -0.39 is 11.7 Å². The third kappa shape index (κ3) is 3.64. The molecule has 9 nitrogen and oxygen atoms in total. The first kappa shape index (κ1) is 20.3. The van der Waals surface area contributed by atoms with Crippen molar-refractivity contribution in [1.29, 1.82) is 0 Å². The molecule has 1 amide bonds. The summed E-state index contributed by atoms with van der Waals surface area (Å²) >= 11 is 0.